The van der Waals surface area contributed by atoms with E-state index in [2.05, 4.69) is 5.32 Å². The fraction of sp³-hybridized carbons (Fsp3) is 0.652. The van der Waals surface area contributed by atoms with Crippen molar-refractivity contribution in [1.82, 2.24) is 14.5 Å². The Balaban J connectivity index is 1.72. The van der Waals surface area contributed by atoms with E-state index in [1.165, 1.54) is 11.4 Å². The molecule has 2 amide bonds. The van der Waals surface area contributed by atoms with Crippen molar-refractivity contribution in [2.75, 3.05) is 20.1 Å². The Bertz CT molecular complexity index is 1050. The van der Waals surface area contributed by atoms with Crippen molar-refractivity contribution in [3.05, 3.63) is 29.8 Å². The highest BCUT2D eigenvalue weighted by atomic mass is 32.2. The van der Waals surface area contributed by atoms with Crippen molar-refractivity contribution in [3.8, 4) is 0 Å². The number of rotatable bonds is 6. The van der Waals surface area contributed by atoms with Gasteiger partial charge in [-0.15, -0.1) is 0 Å². The number of carbonyl (C=O) groups excluding carboxylic acids is 1. The molecule has 1 aromatic carbocycles. The van der Waals surface area contributed by atoms with Gasteiger partial charge in [-0.05, 0) is 60.8 Å². The quantitative estimate of drug-likeness (QED) is 0.597. The maximum Gasteiger partial charge on any atom is 0.416 e. The van der Waals surface area contributed by atoms with Crippen LogP contribution in [-0.4, -0.2) is 67.0 Å². The van der Waals surface area contributed by atoms with Gasteiger partial charge in [-0.25, -0.2) is 13.2 Å². The SMILES string of the molecule is CN(C(=O)O)[C@@H](CC(C)(C)C)C(=O)N[C@H]1CC[C@@H]2CN(S(=O)(=O)c3ccc(C(F)(F)F)cc3)C[C@@H]21. The van der Waals surface area contributed by atoms with Gasteiger partial charge in [0.1, 0.15) is 6.04 Å². The second-order valence-electron chi connectivity index (χ2n) is 10.6. The van der Waals surface area contributed by atoms with E-state index in [-0.39, 0.29) is 41.3 Å². The highest BCUT2D eigenvalue weighted by Gasteiger charge is 2.47. The second-order valence-corrected chi connectivity index (χ2v) is 12.6. The van der Waals surface area contributed by atoms with Crippen molar-refractivity contribution in [2.45, 2.75) is 63.2 Å². The van der Waals surface area contributed by atoms with E-state index in [1.807, 2.05) is 20.8 Å². The molecule has 0 unspecified atom stereocenters. The summed E-state index contributed by atoms with van der Waals surface area (Å²) in [6.45, 7) is 6.10. The van der Waals surface area contributed by atoms with Gasteiger partial charge in [-0.3, -0.25) is 9.69 Å². The van der Waals surface area contributed by atoms with Crippen LogP contribution in [0.15, 0.2) is 29.2 Å². The van der Waals surface area contributed by atoms with Crippen LogP contribution in [0.2, 0.25) is 0 Å². The lowest BCUT2D eigenvalue weighted by Crippen LogP contribution is -2.52. The molecule has 4 atom stereocenters. The minimum absolute atomic E-state index is 0.00259. The normalized spacial score (nSPS) is 24.1. The van der Waals surface area contributed by atoms with E-state index in [4.69, 9.17) is 0 Å². The number of amides is 2. The van der Waals surface area contributed by atoms with Gasteiger partial charge in [-0.2, -0.15) is 17.5 Å². The molecule has 1 aliphatic carbocycles. The summed E-state index contributed by atoms with van der Waals surface area (Å²) in [5, 5.41) is 12.4. The molecule has 2 fully saturated rings. The van der Waals surface area contributed by atoms with Crippen molar-refractivity contribution in [3.63, 3.8) is 0 Å². The van der Waals surface area contributed by atoms with E-state index in [0.29, 0.717) is 19.3 Å². The van der Waals surface area contributed by atoms with Crippen molar-refractivity contribution < 1.29 is 36.3 Å². The van der Waals surface area contributed by atoms with Crippen molar-refractivity contribution in [1.29, 1.82) is 0 Å². The molecule has 196 valence electrons. The molecular weight excluding hydrogens is 487 g/mol. The number of halogens is 3. The Hall–Kier alpha value is -2.34. The predicted molar refractivity (Wildman–Crippen MR) is 122 cm³/mol. The molecule has 0 aromatic heterocycles. The van der Waals surface area contributed by atoms with Crippen LogP contribution in [0.3, 0.4) is 0 Å². The average molecular weight is 520 g/mol. The summed E-state index contributed by atoms with van der Waals surface area (Å²) in [6.07, 6.45) is -4.12. The topological polar surface area (TPSA) is 107 Å². The van der Waals surface area contributed by atoms with Crippen LogP contribution in [0.25, 0.3) is 0 Å². The number of alkyl halides is 3. The maximum absolute atomic E-state index is 13.1. The van der Waals surface area contributed by atoms with E-state index < -0.39 is 39.8 Å². The van der Waals surface area contributed by atoms with Crippen LogP contribution >= 0.6 is 0 Å². The lowest BCUT2D eigenvalue weighted by molar-refractivity contribution is -0.137. The molecule has 8 nitrogen and oxygen atoms in total. The minimum Gasteiger partial charge on any atom is -0.465 e. The molecular formula is C23H32F3N3O5S. The first-order valence-corrected chi connectivity index (χ1v) is 12.9. The Morgan fingerprint density at radius 3 is 2.26 bits per heavy atom. The van der Waals surface area contributed by atoms with Crippen LogP contribution in [0.5, 0.6) is 0 Å². The monoisotopic (exact) mass is 519 g/mol. The third kappa shape index (κ3) is 6.08. The first-order valence-electron chi connectivity index (χ1n) is 11.4. The number of benzene rings is 1. The largest absolute Gasteiger partial charge is 0.465 e. The molecule has 35 heavy (non-hydrogen) atoms. The average Bonchev–Trinajstić information content (AvgIpc) is 3.32. The fourth-order valence-corrected chi connectivity index (χ4v) is 6.50. The Morgan fingerprint density at radius 2 is 1.74 bits per heavy atom. The molecule has 0 spiro atoms. The summed E-state index contributed by atoms with van der Waals surface area (Å²) in [5.41, 5.74) is -1.22. The third-order valence-corrected chi connectivity index (χ3v) is 8.69. The van der Waals surface area contributed by atoms with Gasteiger partial charge < -0.3 is 10.4 Å². The number of carboxylic acid groups (broad SMARTS) is 1. The van der Waals surface area contributed by atoms with Gasteiger partial charge >= 0.3 is 12.3 Å². The van der Waals surface area contributed by atoms with Crippen LogP contribution in [-0.2, 0) is 21.0 Å². The smallest absolute Gasteiger partial charge is 0.416 e. The number of sulfonamides is 1. The molecule has 1 heterocycles. The highest BCUT2D eigenvalue weighted by Crippen LogP contribution is 2.40. The predicted octanol–water partition coefficient (Wildman–Crippen LogP) is 3.64. The van der Waals surface area contributed by atoms with Gasteiger partial charge in [0, 0.05) is 26.2 Å². The molecule has 3 rings (SSSR count). The van der Waals surface area contributed by atoms with Gasteiger partial charge in [0.15, 0.2) is 0 Å². The first kappa shape index (κ1) is 27.3. The highest BCUT2D eigenvalue weighted by molar-refractivity contribution is 7.89. The first-order chi connectivity index (χ1) is 16.0. The standard InChI is InChI=1S/C23H32F3N3O5S/c1-22(2,3)11-19(28(4)21(31)32)20(30)27-18-10-5-14-12-29(13-17(14)18)35(33,34)16-8-6-15(7-9-16)23(24,25)26/h6-9,14,17-19H,5,10-13H2,1-4H3,(H,27,30)(H,31,32)/t14-,17+,18+,19+/m1/s1. The van der Waals surface area contributed by atoms with Gasteiger partial charge in [-0.1, -0.05) is 20.8 Å². The molecule has 1 saturated heterocycles. The summed E-state index contributed by atoms with van der Waals surface area (Å²) in [6, 6.07) is 2.22. The zero-order valence-electron chi connectivity index (χ0n) is 20.2. The molecule has 1 saturated carbocycles. The lowest BCUT2D eigenvalue weighted by Gasteiger charge is -2.32. The fourth-order valence-electron chi connectivity index (χ4n) is 4.96. The third-order valence-electron chi connectivity index (χ3n) is 6.85. The van der Waals surface area contributed by atoms with E-state index in [0.717, 1.165) is 29.2 Å². The van der Waals surface area contributed by atoms with Gasteiger partial charge in [0.2, 0.25) is 15.9 Å². The molecule has 12 heteroatoms. The Morgan fingerprint density at radius 1 is 1.14 bits per heavy atom. The summed E-state index contributed by atoms with van der Waals surface area (Å²) in [4.78, 5) is 25.4. The van der Waals surface area contributed by atoms with Crippen LogP contribution in [0.4, 0.5) is 18.0 Å². The van der Waals surface area contributed by atoms with Crippen LogP contribution in [0.1, 0.15) is 45.6 Å². The molecule has 0 radical (unpaired) electrons. The van der Waals surface area contributed by atoms with Crippen molar-refractivity contribution >= 4 is 22.0 Å². The van der Waals surface area contributed by atoms with Gasteiger partial charge in [0.05, 0.1) is 10.5 Å². The molecule has 1 aliphatic heterocycles. The second kappa shape index (κ2) is 9.61. The van der Waals surface area contributed by atoms with E-state index in [1.54, 1.807) is 0 Å². The Kier molecular flexibility index (Phi) is 7.48. The molecule has 2 aliphatic rings. The van der Waals surface area contributed by atoms with Crippen LogP contribution in [0, 0.1) is 17.3 Å². The van der Waals surface area contributed by atoms with Crippen LogP contribution < -0.4 is 5.32 Å². The van der Waals surface area contributed by atoms with Crippen molar-refractivity contribution in [2.24, 2.45) is 17.3 Å². The number of hydrogen-bond donors (Lipinski definition) is 2. The maximum atomic E-state index is 13.1. The molecule has 2 N–H and O–H groups in total. The number of hydrogen-bond acceptors (Lipinski definition) is 4. The minimum atomic E-state index is -4.56. The summed E-state index contributed by atoms with van der Waals surface area (Å²) in [5.74, 6) is -0.573. The molecule has 1 aromatic rings. The number of carbonyl (C=O) groups is 2. The number of nitrogens with zero attached hydrogens (tertiary/aromatic N) is 2. The summed E-state index contributed by atoms with van der Waals surface area (Å²) >= 11 is 0. The summed E-state index contributed by atoms with van der Waals surface area (Å²) in [7, 11) is -2.64. The van der Waals surface area contributed by atoms with E-state index in [9.17, 15) is 36.3 Å². The number of fused-ring (bicyclic) bond motifs is 1. The number of nitrogens with one attached hydrogen (secondary N) is 1. The zero-order chi connectivity index (χ0) is 26.3. The zero-order valence-corrected chi connectivity index (χ0v) is 21.0. The summed E-state index contributed by atoms with van der Waals surface area (Å²) < 4.78 is 65.9. The molecule has 0 bridgehead atoms. The number of likely N-dealkylation sites (N-methyl/N-ethyl adjacent to an activating group) is 1. The lowest BCUT2D eigenvalue weighted by atomic mass is 9.87. The Labute approximate surface area is 203 Å². The van der Waals surface area contributed by atoms with Gasteiger partial charge in [0.25, 0.3) is 0 Å². The van der Waals surface area contributed by atoms with E-state index >= 15 is 0 Å².